The molecular formula is C33H35N7O4. The maximum absolute atomic E-state index is 13.9. The van der Waals surface area contributed by atoms with Crippen molar-refractivity contribution in [3.63, 3.8) is 0 Å². The van der Waals surface area contributed by atoms with Gasteiger partial charge in [-0.3, -0.25) is 14.5 Å². The topological polar surface area (TPSA) is 118 Å². The Labute approximate surface area is 254 Å². The highest BCUT2D eigenvalue weighted by Gasteiger charge is 2.35. The standard InChI is InChI=1S/C33H35N7O4/c1-21-24-8-4-5-9-25(24)33(42)40(37-21)19-30(41)39-13-12-38(17-22-11-14-44-20-22)18-29(39)31-34-16-28(35-31)26-15-23-7-3-6-10-27(23)36-32(26)43-2/h3-10,15-16,22,29H,11-14,17-20H2,1-2H3,(H,34,35). The van der Waals surface area contributed by atoms with Crippen LogP contribution in [0.2, 0.25) is 0 Å². The molecule has 11 heteroatoms. The summed E-state index contributed by atoms with van der Waals surface area (Å²) in [5, 5.41) is 6.83. The second kappa shape index (κ2) is 11.8. The third kappa shape index (κ3) is 5.33. The number of amides is 1. The van der Waals surface area contributed by atoms with Gasteiger partial charge in [0.05, 0.1) is 47.8 Å². The number of pyridine rings is 1. The molecule has 0 aliphatic carbocycles. The molecule has 44 heavy (non-hydrogen) atoms. The molecule has 2 saturated heterocycles. The number of fused-ring (bicyclic) bond motifs is 2. The smallest absolute Gasteiger partial charge is 0.275 e. The van der Waals surface area contributed by atoms with E-state index in [4.69, 9.17) is 19.4 Å². The number of H-pyrrole nitrogens is 1. The van der Waals surface area contributed by atoms with Gasteiger partial charge in [0, 0.05) is 43.6 Å². The van der Waals surface area contributed by atoms with Crippen molar-refractivity contribution in [3.05, 3.63) is 82.7 Å². The number of para-hydroxylation sites is 1. The molecular weight excluding hydrogens is 558 g/mol. The number of aromatic nitrogens is 5. The third-order valence-electron chi connectivity index (χ3n) is 8.75. The van der Waals surface area contributed by atoms with Gasteiger partial charge in [-0.15, -0.1) is 0 Å². The summed E-state index contributed by atoms with van der Waals surface area (Å²) in [6, 6.07) is 17.0. The molecule has 5 aromatic rings. The zero-order valence-corrected chi connectivity index (χ0v) is 24.9. The molecule has 2 aliphatic heterocycles. The number of hydrogen-bond donors (Lipinski definition) is 1. The first kappa shape index (κ1) is 28.2. The lowest BCUT2D eigenvalue weighted by atomic mass is 10.1. The van der Waals surface area contributed by atoms with Crippen LogP contribution < -0.4 is 10.3 Å². The zero-order chi connectivity index (χ0) is 30.2. The number of rotatable bonds is 7. The average molecular weight is 594 g/mol. The monoisotopic (exact) mass is 593 g/mol. The number of aromatic amines is 1. The molecule has 0 radical (unpaired) electrons. The van der Waals surface area contributed by atoms with Crippen molar-refractivity contribution in [2.75, 3.05) is 46.5 Å². The molecule has 2 atom stereocenters. The van der Waals surface area contributed by atoms with Crippen molar-refractivity contribution in [1.29, 1.82) is 0 Å². The Morgan fingerprint density at radius 3 is 2.75 bits per heavy atom. The lowest BCUT2D eigenvalue weighted by Gasteiger charge is -2.41. The van der Waals surface area contributed by atoms with Crippen molar-refractivity contribution < 1.29 is 14.3 Å². The Morgan fingerprint density at radius 2 is 1.93 bits per heavy atom. The molecule has 5 heterocycles. The summed E-state index contributed by atoms with van der Waals surface area (Å²) in [6.45, 7) is 6.02. The van der Waals surface area contributed by atoms with Gasteiger partial charge in [0.2, 0.25) is 11.8 Å². The van der Waals surface area contributed by atoms with Crippen molar-refractivity contribution in [1.82, 2.24) is 34.5 Å². The van der Waals surface area contributed by atoms with E-state index < -0.39 is 0 Å². The number of piperazine rings is 1. The molecule has 2 unspecified atom stereocenters. The van der Waals surface area contributed by atoms with Crippen LogP contribution in [0.15, 0.2) is 65.6 Å². The zero-order valence-electron chi connectivity index (χ0n) is 24.9. The van der Waals surface area contributed by atoms with Crippen LogP contribution in [0.25, 0.3) is 32.9 Å². The van der Waals surface area contributed by atoms with Crippen molar-refractivity contribution >= 4 is 27.6 Å². The summed E-state index contributed by atoms with van der Waals surface area (Å²) >= 11 is 0. The van der Waals surface area contributed by atoms with Crippen LogP contribution in [0.1, 0.15) is 24.0 Å². The fourth-order valence-electron chi connectivity index (χ4n) is 6.45. The first-order chi connectivity index (χ1) is 21.5. The Kier molecular flexibility index (Phi) is 7.57. The number of nitrogens with one attached hydrogen (secondary N) is 1. The van der Waals surface area contributed by atoms with Gasteiger partial charge in [0.25, 0.3) is 5.56 Å². The summed E-state index contributed by atoms with van der Waals surface area (Å²) in [4.78, 5) is 44.4. The Bertz CT molecular complexity index is 1890. The third-order valence-corrected chi connectivity index (χ3v) is 8.75. The number of hydrogen-bond acceptors (Lipinski definition) is 8. The van der Waals surface area contributed by atoms with Crippen molar-refractivity contribution in [3.8, 4) is 17.1 Å². The molecule has 0 bridgehead atoms. The average Bonchev–Trinajstić information content (AvgIpc) is 3.76. The first-order valence-corrected chi connectivity index (χ1v) is 15.0. The Morgan fingerprint density at radius 1 is 1.11 bits per heavy atom. The Balaban J connectivity index is 1.21. The second-order valence-corrected chi connectivity index (χ2v) is 11.6. The van der Waals surface area contributed by atoms with Gasteiger partial charge >= 0.3 is 0 Å². The second-order valence-electron chi connectivity index (χ2n) is 11.6. The van der Waals surface area contributed by atoms with Crippen LogP contribution in [0.5, 0.6) is 5.88 Å². The predicted molar refractivity (Wildman–Crippen MR) is 166 cm³/mol. The summed E-state index contributed by atoms with van der Waals surface area (Å²) in [5.74, 6) is 1.47. The van der Waals surface area contributed by atoms with E-state index in [9.17, 15) is 9.59 Å². The normalized spacial score (nSPS) is 19.2. The van der Waals surface area contributed by atoms with E-state index in [2.05, 4.69) is 15.0 Å². The van der Waals surface area contributed by atoms with Gasteiger partial charge in [-0.25, -0.2) is 14.6 Å². The van der Waals surface area contributed by atoms with E-state index in [0.717, 1.165) is 60.3 Å². The van der Waals surface area contributed by atoms with E-state index in [1.807, 2.05) is 60.4 Å². The number of carbonyl (C=O) groups is 1. The number of aryl methyl sites for hydroxylation is 1. The van der Waals surface area contributed by atoms with Crippen LogP contribution >= 0.6 is 0 Å². The summed E-state index contributed by atoms with van der Waals surface area (Å²) in [5.41, 5.74) is 2.83. The molecule has 0 saturated carbocycles. The number of benzene rings is 2. The number of methoxy groups -OCH3 is 1. The number of carbonyl (C=O) groups excluding carboxylic acids is 1. The van der Waals surface area contributed by atoms with E-state index >= 15 is 0 Å². The van der Waals surface area contributed by atoms with E-state index in [0.29, 0.717) is 41.8 Å². The minimum absolute atomic E-state index is 0.145. The highest BCUT2D eigenvalue weighted by molar-refractivity contribution is 5.86. The predicted octanol–water partition coefficient (Wildman–Crippen LogP) is 3.57. The van der Waals surface area contributed by atoms with E-state index in [-0.39, 0.29) is 24.1 Å². The van der Waals surface area contributed by atoms with Crippen molar-refractivity contribution in [2.45, 2.75) is 25.9 Å². The lowest BCUT2D eigenvalue weighted by Crippen LogP contribution is -2.53. The van der Waals surface area contributed by atoms with Gasteiger partial charge in [0.15, 0.2) is 0 Å². The molecule has 2 aliphatic rings. The lowest BCUT2D eigenvalue weighted by molar-refractivity contribution is -0.137. The molecule has 0 spiro atoms. The molecule has 1 amide bonds. The summed E-state index contributed by atoms with van der Waals surface area (Å²) < 4.78 is 12.6. The molecule has 7 rings (SSSR count). The van der Waals surface area contributed by atoms with Crippen LogP contribution in [-0.2, 0) is 16.1 Å². The van der Waals surface area contributed by atoms with Gasteiger partial charge in [-0.05, 0) is 37.5 Å². The maximum atomic E-state index is 13.9. The fourth-order valence-corrected chi connectivity index (χ4v) is 6.45. The van der Waals surface area contributed by atoms with E-state index in [1.165, 1.54) is 4.68 Å². The molecule has 11 nitrogen and oxygen atoms in total. The van der Waals surface area contributed by atoms with Crippen LogP contribution in [0, 0.1) is 12.8 Å². The SMILES string of the molecule is COc1nc2ccccc2cc1-c1cnc(C2CN(CC3CCOC3)CCN2C(=O)Cn2nc(C)c3ccccc3c2=O)[nH]1. The number of nitrogens with zero attached hydrogens (tertiary/aromatic N) is 6. The fraction of sp³-hybridized carbons (Fsp3) is 0.364. The molecule has 2 aromatic carbocycles. The molecule has 3 aromatic heterocycles. The number of ether oxygens (including phenoxy) is 2. The van der Waals surface area contributed by atoms with Crippen LogP contribution in [0.3, 0.4) is 0 Å². The van der Waals surface area contributed by atoms with Gasteiger partial charge in [-0.2, -0.15) is 5.10 Å². The molecule has 2 fully saturated rings. The van der Waals surface area contributed by atoms with Gasteiger partial charge in [0.1, 0.15) is 18.4 Å². The molecule has 1 N–H and O–H groups in total. The largest absolute Gasteiger partial charge is 0.480 e. The summed E-state index contributed by atoms with van der Waals surface area (Å²) in [7, 11) is 1.61. The maximum Gasteiger partial charge on any atom is 0.275 e. The van der Waals surface area contributed by atoms with E-state index in [1.54, 1.807) is 19.4 Å². The highest BCUT2D eigenvalue weighted by atomic mass is 16.5. The minimum Gasteiger partial charge on any atom is -0.480 e. The minimum atomic E-state index is -0.344. The van der Waals surface area contributed by atoms with Gasteiger partial charge in [-0.1, -0.05) is 36.4 Å². The number of imidazole rings is 1. The summed E-state index contributed by atoms with van der Waals surface area (Å²) in [6.07, 6.45) is 2.81. The van der Waals surface area contributed by atoms with Crippen LogP contribution in [0.4, 0.5) is 0 Å². The first-order valence-electron chi connectivity index (χ1n) is 15.0. The van der Waals surface area contributed by atoms with Crippen molar-refractivity contribution in [2.24, 2.45) is 5.92 Å². The highest BCUT2D eigenvalue weighted by Crippen LogP contribution is 2.33. The van der Waals surface area contributed by atoms with Gasteiger partial charge < -0.3 is 19.4 Å². The van der Waals surface area contributed by atoms with Crippen LogP contribution in [-0.4, -0.2) is 86.9 Å². The molecule has 226 valence electrons. The quantitative estimate of drug-likeness (QED) is 0.304. The Hall–Kier alpha value is -4.61.